The number of rotatable bonds is 11. The minimum absolute atomic E-state index is 0.185. The largest absolute Gasteiger partial charge is 0.394 e. The lowest BCUT2D eigenvalue weighted by atomic mass is 9.71. The average molecular weight is 565 g/mol. The van der Waals surface area contributed by atoms with Gasteiger partial charge in [-0.25, -0.2) is 8.78 Å². The van der Waals surface area contributed by atoms with Gasteiger partial charge in [0.25, 0.3) is 0 Å². The van der Waals surface area contributed by atoms with E-state index in [4.69, 9.17) is 0 Å². The van der Waals surface area contributed by atoms with Gasteiger partial charge < -0.3 is 30.6 Å². The zero-order valence-electron chi connectivity index (χ0n) is 24.6. The van der Waals surface area contributed by atoms with E-state index in [2.05, 4.69) is 0 Å². The maximum Gasteiger partial charge on any atom is 0.127 e. The molecule has 6 nitrogen and oxygen atoms in total. The monoisotopic (exact) mass is 564 g/mol. The average Bonchev–Trinajstić information content (AvgIpc) is 2.84. The van der Waals surface area contributed by atoms with Gasteiger partial charge in [-0.1, -0.05) is 78.0 Å². The highest BCUT2D eigenvalue weighted by Gasteiger charge is 2.54. The Hall–Kier alpha value is -2.20. The molecule has 5 atom stereocenters. The molecule has 0 aliphatic rings. The van der Waals surface area contributed by atoms with Crippen LogP contribution in [-0.2, 0) is 23.7 Å². The van der Waals surface area contributed by atoms with Crippen LogP contribution in [0.15, 0.2) is 48.6 Å². The predicted octanol–water partition coefficient (Wildman–Crippen LogP) is 3.85. The topological polar surface area (TPSA) is 121 Å². The van der Waals surface area contributed by atoms with E-state index in [1.165, 1.54) is 24.3 Å². The minimum Gasteiger partial charge on any atom is -0.394 e. The van der Waals surface area contributed by atoms with E-state index in [1.807, 2.05) is 41.5 Å². The third-order valence-corrected chi connectivity index (χ3v) is 7.43. The fourth-order valence-electron chi connectivity index (χ4n) is 5.10. The van der Waals surface area contributed by atoms with Crippen molar-refractivity contribution in [3.63, 3.8) is 0 Å². The Kier molecular flexibility index (Phi) is 10.8. The molecule has 0 bridgehead atoms. The van der Waals surface area contributed by atoms with Gasteiger partial charge >= 0.3 is 0 Å². The third-order valence-electron chi connectivity index (χ3n) is 7.43. The van der Waals surface area contributed by atoms with Gasteiger partial charge in [0.2, 0.25) is 0 Å². The Morgan fingerprint density at radius 1 is 0.775 bits per heavy atom. The summed E-state index contributed by atoms with van der Waals surface area (Å²) in [6.07, 6.45) is -4.04. The number of benzene rings is 2. The molecule has 0 saturated heterocycles. The van der Waals surface area contributed by atoms with Crippen LogP contribution >= 0.6 is 0 Å². The Balaban J connectivity index is 2.60. The van der Waals surface area contributed by atoms with E-state index < -0.39 is 65.0 Å². The summed E-state index contributed by atoms with van der Waals surface area (Å²) in [5, 5.41) is 65.9. The van der Waals surface area contributed by atoms with Gasteiger partial charge in [-0.15, -0.1) is 0 Å². The van der Waals surface area contributed by atoms with Crippen molar-refractivity contribution in [2.45, 2.75) is 108 Å². The first kappa shape index (κ1) is 34.0. The summed E-state index contributed by atoms with van der Waals surface area (Å²) >= 11 is 0. The van der Waals surface area contributed by atoms with Gasteiger partial charge in [0.1, 0.15) is 41.1 Å². The maximum atomic E-state index is 15.0. The lowest BCUT2D eigenvalue weighted by Crippen LogP contribution is -2.66. The first-order chi connectivity index (χ1) is 18.3. The van der Waals surface area contributed by atoms with E-state index in [9.17, 15) is 35.0 Å². The quantitative estimate of drug-likeness (QED) is 0.231. The Morgan fingerprint density at radius 3 is 1.60 bits per heavy atom. The van der Waals surface area contributed by atoms with Crippen LogP contribution in [0.2, 0.25) is 0 Å². The van der Waals surface area contributed by atoms with E-state index in [1.54, 1.807) is 31.2 Å². The molecule has 0 fully saturated rings. The number of aliphatic hydroxyl groups excluding tert-OH is 4. The molecule has 0 aromatic heterocycles. The van der Waals surface area contributed by atoms with Crippen molar-refractivity contribution in [2.24, 2.45) is 0 Å². The summed E-state index contributed by atoms with van der Waals surface area (Å²) in [7, 11) is 0. The molecule has 0 heterocycles. The summed E-state index contributed by atoms with van der Waals surface area (Å²) < 4.78 is 30.0. The SMILES string of the molecule is C/C=C/CC(O)(Cc1ccc(C(C)(C)C)c(F)c1)[C@@H](O)[C@@](O)(Cc1ccc(C(C)(C)C)c(F)c1)[C@H](O)[C@@H](O)CO. The summed E-state index contributed by atoms with van der Waals surface area (Å²) in [5.41, 5.74) is -4.37. The summed E-state index contributed by atoms with van der Waals surface area (Å²) in [4.78, 5) is 0. The Labute approximate surface area is 236 Å². The Bertz CT molecular complexity index is 1170. The van der Waals surface area contributed by atoms with Gasteiger partial charge in [-0.2, -0.15) is 0 Å². The Morgan fingerprint density at radius 2 is 1.23 bits per heavy atom. The van der Waals surface area contributed by atoms with Gasteiger partial charge in [-0.05, 0) is 58.6 Å². The molecule has 0 spiro atoms. The third kappa shape index (κ3) is 7.75. The second-order valence-electron chi connectivity index (χ2n) is 12.9. The molecule has 0 radical (unpaired) electrons. The number of allylic oxidation sites excluding steroid dienone is 1. The maximum absolute atomic E-state index is 15.0. The van der Waals surface area contributed by atoms with E-state index >= 15 is 4.39 Å². The van der Waals surface area contributed by atoms with Crippen molar-refractivity contribution in [1.82, 2.24) is 0 Å². The molecule has 0 saturated carbocycles. The first-order valence-electron chi connectivity index (χ1n) is 13.6. The number of aliphatic hydroxyl groups is 6. The summed E-state index contributed by atoms with van der Waals surface area (Å²) in [6, 6.07) is 8.72. The first-order valence-corrected chi connectivity index (χ1v) is 13.6. The van der Waals surface area contributed by atoms with Crippen LogP contribution in [0.4, 0.5) is 8.78 Å². The lowest BCUT2D eigenvalue weighted by Gasteiger charge is -2.46. The van der Waals surface area contributed by atoms with Crippen molar-refractivity contribution < 1.29 is 39.4 Å². The van der Waals surface area contributed by atoms with Gasteiger partial charge in [0.05, 0.1) is 6.61 Å². The van der Waals surface area contributed by atoms with E-state index in [0.29, 0.717) is 16.7 Å². The highest BCUT2D eigenvalue weighted by atomic mass is 19.1. The molecule has 2 aromatic rings. The molecule has 0 amide bonds. The smallest absolute Gasteiger partial charge is 0.127 e. The second-order valence-corrected chi connectivity index (χ2v) is 12.9. The van der Waals surface area contributed by atoms with Crippen LogP contribution in [0, 0.1) is 11.6 Å². The van der Waals surface area contributed by atoms with Crippen molar-refractivity contribution in [3.8, 4) is 0 Å². The molecule has 0 aliphatic carbocycles. The zero-order chi connectivity index (χ0) is 30.7. The van der Waals surface area contributed by atoms with Crippen LogP contribution in [0.1, 0.15) is 77.1 Å². The van der Waals surface area contributed by atoms with Crippen LogP contribution < -0.4 is 0 Å². The van der Waals surface area contributed by atoms with Crippen molar-refractivity contribution in [1.29, 1.82) is 0 Å². The fraction of sp³-hybridized carbons (Fsp3) is 0.562. The van der Waals surface area contributed by atoms with E-state index in [0.717, 1.165) is 0 Å². The number of hydrogen-bond acceptors (Lipinski definition) is 6. The highest BCUT2D eigenvalue weighted by molar-refractivity contribution is 5.33. The van der Waals surface area contributed by atoms with Crippen LogP contribution in [0.25, 0.3) is 0 Å². The molecule has 6 N–H and O–H groups in total. The second kappa shape index (κ2) is 12.8. The molecular weight excluding hydrogens is 518 g/mol. The van der Waals surface area contributed by atoms with Gasteiger partial charge in [0.15, 0.2) is 0 Å². The number of hydrogen-bond donors (Lipinski definition) is 6. The van der Waals surface area contributed by atoms with Crippen molar-refractivity contribution in [3.05, 3.63) is 82.4 Å². The summed E-state index contributed by atoms with van der Waals surface area (Å²) in [6.45, 7) is 11.9. The molecule has 2 rings (SSSR count). The van der Waals surface area contributed by atoms with Crippen molar-refractivity contribution in [2.75, 3.05) is 6.61 Å². The van der Waals surface area contributed by atoms with Crippen molar-refractivity contribution >= 4 is 0 Å². The molecule has 8 heteroatoms. The lowest BCUT2D eigenvalue weighted by molar-refractivity contribution is -0.228. The molecule has 2 aromatic carbocycles. The highest BCUT2D eigenvalue weighted by Crippen LogP contribution is 2.36. The summed E-state index contributed by atoms with van der Waals surface area (Å²) in [5.74, 6) is -1.05. The van der Waals surface area contributed by atoms with E-state index in [-0.39, 0.29) is 18.4 Å². The molecule has 1 unspecified atom stereocenters. The van der Waals surface area contributed by atoms with Crippen LogP contribution in [0.3, 0.4) is 0 Å². The normalized spacial score (nSPS) is 18.3. The minimum atomic E-state index is -2.64. The van der Waals surface area contributed by atoms with Crippen LogP contribution in [-0.4, -0.2) is 66.8 Å². The molecule has 0 aliphatic heterocycles. The standard InChI is InChI=1S/C32H46F2O6/c1-8-9-14-31(39,17-20-10-12-22(24(33)15-20)29(2,3)4)28(38)32(40,27(37)26(36)19-35)18-21-11-13-23(25(34)16-21)30(5,6)7/h8-13,15-16,26-28,35-40H,14,17-19H2,1-7H3/b9-8+/t26-,27+,28+,31?,32+/m0/s1. The van der Waals surface area contributed by atoms with Gasteiger partial charge in [0, 0.05) is 12.8 Å². The molecule has 224 valence electrons. The predicted molar refractivity (Wildman–Crippen MR) is 152 cm³/mol. The fourth-order valence-corrected chi connectivity index (χ4v) is 5.10. The molecular formula is C32H46F2O6. The number of halogens is 2. The zero-order valence-corrected chi connectivity index (χ0v) is 24.6. The van der Waals surface area contributed by atoms with Gasteiger partial charge in [-0.3, -0.25) is 0 Å². The molecule has 40 heavy (non-hydrogen) atoms. The van der Waals surface area contributed by atoms with Crippen LogP contribution in [0.5, 0.6) is 0 Å².